The predicted octanol–water partition coefficient (Wildman–Crippen LogP) is 2.65. The van der Waals surface area contributed by atoms with E-state index in [4.69, 9.17) is 23.2 Å². The van der Waals surface area contributed by atoms with Crippen LogP contribution in [0.5, 0.6) is 0 Å². The smallest absolute Gasteiger partial charge is 0.279 e. The number of aryl methyl sites for hydroxylation is 1. The van der Waals surface area contributed by atoms with Gasteiger partial charge in [-0.25, -0.2) is 0 Å². The molecule has 0 saturated carbocycles. The molecule has 1 unspecified atom stereocenters. The maximum Gasteiger partial charge on any atom is 0.279 e. The minimum Gasteiger partial charge on any atom is -0.322 e. The molecule has 2 aromatic rings. The summed E-state index contributed by atoms with van der Waals surface area (Å²) in [6.07, 6.45) is 0.835. The number of benzene rings is 2. The Morgan fingerprint density at radius 2 is 1.58 bits per heavy atom. The number of carbonyl (C=O) groups is 2. The highest BCUT2D eigenvalue weighted by Gasteiger charge is 2.16. The fourth-order valence-electron chi connectivity index (χ4n) is 2.54. The van der Waals surface area contributed by atoms with Gasteiger partial charge in [0.2, 0.25) is 0 Å². The molecule has 0 aromatic heterocycles. The van der Waals surface area contributed by atoms with Crippen LogP contribution in [0, 0.1) is 0 Å². The molecule has 0 aliphatic heterocycles. The molecule has 0 bridgehead atoms. The van der Waals surface area contributed by atoms with Gasteiger partial charge < -0.3 is 15.5 Å². The fraction of sp³-hybridized carbons (Fsp3) is 0.263. The first-order chi connectivity index (χ1) is 12.4. The maximum atomic E-state index is 12.2. The average Bonchev–Trinajstić information content (AvgIpc) is 2.58. The van der Waals surface area contributed by atoms with Crippen LogP contribution in [-0.4, -0.2) is 32.0 Å². The molecule has 0 heterocycles. The number of hydrogen-bond acceptors (Lipinski definition) is 2. The Morgan fingerprint density at radius 1 is 0.962 bits per heavy atom. The Balaban J connectivity index is 1.87. The third kappa shape index (κ3) is 6.02. The summed E-state index contributed by atoms with van der Waals surface area (Å²) in [5.41, 5.74) is 2.34. The van der Waals surface area contributed by atoms with E-state index in [9.17, 15) is 9.59 Å². The minimum atomic E-state index is -0.242. The first-order valence-electron chi connectivity index (χ1n) is 8.33. The van der Waals surface area contributed by atoms with Crippen LogP contribution in [-0.2, 0) is 16.0 Å². The number of halogens is 2. The van der Waals surface area contributed by atoms with E-state index in [1.165, 1.54) is 0 Å². The van der Waals surface area contributed by atoms with Crippen molar-refractivity contribution in [2.45, 2.75) is 13.3 Å². The van der Waals surface area contributed by atoms with Crippen molar-refractivity contribution in [3.05, 3.63) is 58.1 Å². The predicted molar refractivity (Wildman–Crippen MR) is 106 cm³/mol. The summed E-state index contributed by atoms with van der Waals surface area (Å²) in [7, 11) is 1.78. The number of anilines is 2. The zero-order valence-corrected chi connectivity index (χ0v) is 16.2. The summed E-state index contributed by atoms with van der Waals surface area (Å²) in [5.74, 6) is -0.384. The van der Waals surface area contributed by atoms with Gasteiger partial charge in [-0.05, 0) is 36.2 Å². The second-order valence-corrected chi connectivity index (χ2v) is 6.89. The lowest BCUT2D eigenvalue weighted by Crippen LogP contribution is -3.11. The van der Waals surface area contributed by atoms with Crippen LogP contribution in [0.3, 0.4) is 0 Å². The van der Waals surface area contributed by atoms with Gasteiger partial charge in [-0.2, -0.15) is 0 Å². The van der Waals surface area contributed by atoms with Crippen LogP contribution in [0.4, 0.5) is 11.4 Å². The summed E-state index contributed by atoms with van der Waals surface area (Å²) < 4.78 is 0. The van der Waals surface area contributed by atoms with Crippen molar-refractivity contribution in [1.29, 1.82) is 0 Å². The molecule has 0 saturated heterocycles. The molecular weight excluding hydrogens is 373 g/mol. The van der Waals surface area contributed by atoms with Crippen LogP contribution in [0.2, 0.25) is 10.0 Å². The van der Waals surface area contributed by atoms with Crippen molar-refractivity contribution >= 4 is 46.4 Å². The van der Waals surface area contributed by atoms with Crippen molar-refractivity contribution in [2.24, 2.45) is 0 Å². The van der Waals surface area contributed by atoms with E-state index < -0.39 is 0 Å². The monoisotopic (exact) mass is 394 g/mol. The molecule has 26 heavy (non-hydrogen) atoms. The molecule has 2 rings (SSSR count). The third-order valence-corrected chi connectivity index (χ3v) is 4.36. The largest absolute Gasteiger partial charge is 0.322 e. The van der Waals surface area contributed by atoms with E-state index in [-0.39, 0.29) is 24.9 Å². The van der Waals surface area contributed by atoms with E-state index in [0.29, 0.717) is 15.7 Å². The fourth-order valence-corrected chi connectivity index (χ4v) is 2.88. The average molecular weight is 395 g/mol. The normalized spacial score (nSPS) is 11.7. The van der Waals surface area contributed by atoms with Crippen molar-refractivity contribution in [3.63, 3.8) is 0 Å². The second kappa shape index (κ2) is 9.57. The van der Waals surface area contributed by atoms with Gasteiger partial charge in [0, 0.05) is 10.7 Å². The zero-order chi connectivity index (χ0) is 19.1. The lowest BCUT2D eigenvalue weighted by Gasteiger charge is -2.15. The second-order valence-electron chi connectivity index (χ2n) is 6.04. The Morgan fingerprint density at radius 3 is 2.23 bits per heavy atom. The molecule has 2 aromatic carbocycles. The van der Waals surface area contributed by atoms with Gasteiger partial charge in [0.1, 0.15) is 0 Å². The molecule has 2 amide bonds. The van der Waals surface area contributed by atoms with Crippen LogP contribution < -0.4 is 15.5 Å². The van der Waals surface area contributed by atoms with Gasteiger partial charge in [-0.15, -0.1) is 0 Å². The highest BCUT2D eigenvalue weighted by atomic mass is 35.5. The van der Waals surface area contributed by atoms with Gasteiger partial charge in [0.15, 0.2) is 13.1 Å². The maximum absolute atomic E-state index is 12.2. The molecule has 7 heteroatoms. The third-order valence-electron chi connectivity index (χ3n) is 3.80. The van der Waals surface area contributed by atoms with Crippen LogP contribution >= 0.6 is 23.2 Å². The number of quaternary nitrogens is 1. The molecule has 0 spiro atoms. The lowest BCUT2D eigenvalue weighted by atomic mass is 10.1. The molecule has 138 valence electrons. The van der Waals surface area contributed by atoms with Gasteiger partial charge >= 0.3 is 0 Å². The standard InChI is InChI=1S/C19H21Cl2N3O2/c1-3-13-6-4-5-7-16(13)22-18(25)11-24(2)12-19(26)23-17-10-14(20)8-9-15(17)21/h4-10H,3,11-12H2,1-2H3,(H,22,25)(H,23,26)/p+1. The van der Waals surface area contributed by atoms with Crippen molar-refractivity contribution in [3.8, 4) is 0 Å². The molecule has 0 radical (unpaired) electrons. The summed E-state index contributed by atoms with van der Waals surface area (Å²) in [6.45, 7) is 2.34. The number of para-hydroxylation sites is 1. The van der Waals surface area contributed by atoms with Crippen LogP contribution in [0.1, 0.15) is 12.5 Å². The molecule has 0 fully saturated rings. The number of rotatable bonds is 7. The number of likely N-dealkylation sites (N-methyl/N-ethyl adjacent to an activating group) is 1. The van der Waals surface area contributed by atoms with Crippen molar-refractivity contribution in [1.82, 2.24) is 0 Å². The van der Waals surface area contributed by atoms with Gasteiger partial charge in [-0.3, -0.25) is 9.59 Å². The van der Waals surface area contributed by atoms with Gasteiger partial charge in [0.25, 0.3) is 11.8 Å². The van der Waals surface area contributed by atoms with Crippen LogP contribution in [0.15, 0.2) is 42.5 Å². The van der Waals surface area contributed by atoms with E-state index in [2.05, 4.69) is 10.6 Å². The Bertz CT molecular complexity index is 796. The number of carbonyl (C=O) groups excluding carboxylic acids is 2. The summed E-state index contributed by atoms with van der Waals surface area (Å²) in [5, 5.41) is 6.51. The number of hydrogen-bond donors (Lipinski definition) is 3. The van der Waals surface area contributed by atoms with Crippen molar-refractivity contribution < 1.29 is 14.5 Å². The molecule has 0 aliphatic rings. The zero-order valence-electron chi connectivity index (χ0n) is 14.7. The summed E-state index contributed by atoms with van der Waals surface area (Å²) in [4.78, 5) is 25.1. The first-order valence-corrected chi connectivity index (χ1v) is 9.08. The summed E-state index contributed by atoms with van der Waals surface area (Å²) >= 11 is 11.9. The number of amides is 2. The highest BCUT2D eigenvalue weighted by molar-refractivity contribution is 6.35. The van der Waals surface area contributed by atoms with E-state index in [1.807, 2.05) is 31.2 Å². The van der Waals surface area contributed by atoms with Crippen molar-refractivity contribution in [2.75, 3.05) is 30.8 Å². The quantitative estimate of drug-likeness (QED) is 0.675. The van der Waals surface area contributed by atoms with Crippen LogP contribution in [0.25, 0.3) is 0 Å². The first kappa shape index (κ1) is 20.2. The lowest BCUT2D eigenvalue weighted by molar-refractivity contribution is -0.862. The SMILES string of the molecule is CCc1ccccc1NC(=O)C[NH+](C)CC(=O)Nc1cc(Cl)ccc1Cl. The summed E-state index contributed by atoms with van der Waals surface area (Å²) in [6, 6.07) is 12.5. The van der Waals surface area contributed by atoms with E-state index in [0.717, 1.165) is 22.6 Å². The number of nitrogens with one attached hydrogen (secondary N) is 3. The molecule has 3 N–H and O–H groups in total. The van der Waals surface area contributed by atoms with E-state index in [1.54, 1.807) is 25.2 Å². The Hall–Kier alpha value is -2.08. The van der Waals surface area contributed by atoms with E-state index >= 15 is 0 Å². The molecule has 5 nitrogen and oxygen atoms in total. The minimum absolute atomic E-state index is 0.131. The Kier molecular flexibility index (Phi) is 7.45. The molecular formula is C19H22Cl2N3O2+. The highest BCUT2D eigenvalue weighted by Crippen LogP contribution is 2.25. The van der Waals surface area contributed by atoms with Gasteiger partial charge in [-0.1, -0.05) is 48.3 Å². The molecule has 1 atom stereocenters. The molecule has 0 aliphatic carbocycles. The topological polar surface area (TPSA) is 62.6 Å². The van der Waals surface area contributed by atoms with Gasteiger partial charge in [0.05, 0.1) is 17.8 Å². The Labute approximate surface area is 163 Å².